The molecule has 3 rings (SSSR count). The van der Waals surface area contributed by atoms with E-state index < -0.39 is 0 Å². The maximum absolute atomic E-state index is 13.8. The Labute approximate surface area is 153 Å². The second-order valence-corrected chi connectivity index (χ2v) is 6.19. The zero-order valence-electron chi connectivity index (χ0n) is 14.3. The summed E-state index contributed by atoms with van der Waals surface area (Å²) in [5, 5.41) is 3.36. The number of likely N-dealkylation sites (tertiary alicyclic amines) is 1. The van der Waals surface area contributed by atoms with Gasteiger partial charge in [0.25, 0.3) is 5.91 Å². The van der Waals surface area contributed by atoms with Gasteiger partial charge in [0.05, 0.1) is 5.56 Å². The fourth-order valence-electron chi connectivity index (χ4n) is 3.10. The van der Waals surface area contributed by atoms with Crippen LogP contribution in [0, 0.1) is 11.7 Å². The highest BCUT2D eigenvalue weighted by molar-refractivity contribution is 5.92. The van der Waals surface area contributed by atoms with Crippen molar-refractivity contribution in [2.24, 2.45) is 5.92 Å². The highest BCUT2D eigenvalue weighted by atomic mass is 35.5. The van der Waals surface area contributed by atoms with E-state index >= 15 is 0 Å². The van der Waals surface area contributed by atoms with Crippen molar-refractivity contribution < 1.29 is 13.6 Å². The molecule has 0 saturated carbocycles. The van der Waals surface area contributed by atoms with Crippen LogP contribution < -0.4 is 5.32 Å². The molecule has 0 radical (unpaired) electrons. The van der Waals surface area contributed by atoms with E-state index in [2.05, 4.69) is 12.2 Å². The van der Waals surface area contributed by atoms with Crippen molar-refractivity contribution in [3.05, 3.63) is 48.0 Å². The molecule has 1 fully saturated rings. The molecule has 25 heavy (non-hydrogen) atoms. The normalized spacial score (nSPS) is 15.0. The number of carbonyl (C=O) groups excluding carboxylic acids is 1. The van der Waals surface area contributed by atoms with Gasteiger partial charge < -0.3 is 14.6 Å². The number of halogens is 2. The number of hydrogen-bond acceptors (Lipinski definition) is 3. The lowest BCUT2D eigenvalue weighted by atomic mass is 9.96. The first-order valence-corrected chi connectivity index (χ1v) is 8.53. The summed E-state index contributed by atoms with van der Waals surface area (Å²) in [6.07, 6.45) is 2.00. The van der Waals surface area contributed by atoms with E-state index in [4.69, 9.17) is 4.42 Å². The quantitative estimate of drug-likeness (QED) is 0.870. The smallest absolute Gasteiger partial charge is 0.289 e. The van der Waals surface area contributed by atoms with Crippen molar-refractivity contribution in [1.29, 1.82) is 0 Å². The van der Waals surface area contributed by atoms with E-state index in [9.17, 15) is 9.18 Å². The molecular formula is C19H24ClFN2O2. The second kappa shape index (κ2) is 9.02. The Kier molecular flexibility index (Phi) is 7.02. The Morgan fingerprint density at radius 1 is 1.24 bits per heavy atom. The molecule has 1 aliphatic rings. The minimum Gasteiger partial charge on any atom is -0.451 e. The lowest BCUT2D eigenvalue weighted by molar-refractivity contribution is 0.0659. The van der Waals surface area contributed by atoms with E-state index in [0.29, 0.717) is 17.2 Å². The third-order valence-electron chi connectivity index (χ3n) is 4.54. The van der Waals surface area contributed by atoms with Gasteiger partial charge in [-0.2, -0.15) is 0 Å². The van der Waals surface area contributed by atoms with Gasteiger partial charge in [0.1, 0.15) is 11.6 Å². The highest BCUT2D eigenvalue weighted by Gasteiger charge is 2.25. The molecular weight excluding hydrogens is 343 g/mol. The molecule has 2 aromatic rings. The van der Waals surface area contributed by atoms with Gasteiger partial charge in [-0.25, -0.2) is 4.39 Å². The molecule has 0 spiro atoms. The largest absolute Gasteiger partial charge is 0.451 e. The van der Waals surface area contributed by atoms with Crippen LogP contribution in [-0.4, -0.2) is 37.0 Å². The third kappa shape index (κ3) is 4.61. The Hall–Kier alpha value is -1.85. The number of piperidine rings is 1. The molecule has 1 aliphatic heterocycles. The van der Waals surface area contributed by atoms with Crippen LogP contribution in [-0.2, 0) is 0 Å². The standard InChI is InChI=1S/C19H23FN2O2.ClH/c1-2-21-13-14-9-11-22(12-10-14)19(23)18-8-7-17(24-18)15-5-3-4-6-16(15)20;/h3-8,14,21H,2,9-13H2,1H3;1H. The van der Waals surface area contributed by atoms with Crippen LogP contribution in [0.25, 0.3) is 11.3 Å². The predicted molar refractivity (Wildman–Crippen MR) is 98.5 cm³/mol. The van der Waals surface area contributed by atoms with Gasteiger partial charge in [-0.1, -0.05) is 19.1 Å². The number of rotatable bonds is 5. The molecule has 1 saturated heterocycles. The van der Waals surface area contributed by atoms with Crippen molar-refractivity contribution in [3.8, 4) is 11.3 Å². The minimum atomic E-state index is -0.352. The van der Waals surface area contributed by atoms with Crippen molar-refractivity contribution in [3.63, 3.8) is 0 Å². The number of furan rings is 1. The predicted octanol–water partition coefficient (Wildman–Crippen LogP) is 3.97. The number of nitrogens with zero attached hydrogens (tertiary/aromatic N) is 1. The molecule has 136 valence electrons. The Bertz CT molecular complexity index is 696. The van der Waals surface area contributed by atoms with Gasteiger partial charge in [0.2, 0.25) is 0 Å². The summed E-state index contributed by atoms with van der Waals surface area (Å²) in [6.45, 7) is 5.57. The maximum Gasteiger partial charge on any atom is 0.289 e. The van der Waals surface area contributed by atoms with Crippen LogP contribution in [0.5, 0.6) is 0 Å². The number of amides is 1. The summed E-state index contributed by atoms with van der Waals surface area (Å²) >= 11 is 0. The van der Waals surface area contributed by atoms with Gasteiger partial charge in [0, 0.05) is 13.1 Å². The summed E-state index contributed by atoms with van der Waals surface area (Å²) in [4.78, 5) is 14.4. The number of nitrogens with one attached hydrogen (secondary N) is 1. The van der Waals surface area contributed by atoms with Crippen LogP contribution in [0.3, 0.4) is 0 Å². The van der Waals surface area contributed by atoms with Gasteiger partial charge >= 0.3 is 0 Å². The van der Waals surface area contributed by atoms with Gasteiger partial charge in [-0.05, 0) is 56.1 Å². The zero-order valence-corrected chi connectivity index (χ0v) is 15.2. The maximum atomic E-state index is 13.8. The molecule has 1 aromatic heterocycles. The summed E-state index contributed by atoms with van der Waals surface area (Å²) in [5.74, 6) is 0.825. The SMILES string of the molecule is CCNCC1CCN(C(=O)c2ccc(-c3ccccc3F)o2)CC1.Cl. The van der Waals surface area contributed by atoms with E-state index in [0.717, 1.165) is 39.0 Å². The number of carbonyl (C=O) groups is 1. The van der Waals surface area contributed by atoms with Crippen molar-refractivity contribution in [1.82, 2.24) is 10.2 Å². The van der Waals surface area contributed by atoms with Gasteiger partial charge in [0.15, 0.2) is 5.76 Å². The Balaban J connectivity index is 0.00000225. The van der Waals surface area contributed by atoms with Crippen LogP contribution in [0.4, 0.5) is 4.39 Å². The fourth-order valence-corrected chi connectivity index (χ4v) is 3.10. The number of benzene rings is 1. The zero-order chi connectivity index (χ0) is 16.9. The van der Waals surface area contributed by atoms with Crippen LogP contribution >= 0.6 is 12.4 Å². The van der Waals surface area contributed by atoms with Crippen molar-refractivity contribution in [2.75, 3.05) is 26.2 Å². The average molecular weight is 367 g/mol. The molecule has 2 heterocycles. The lowest BCUT2D eigenvalue weighted by Gasteiger charge is -2.31. The molecule has 0 bridgehead atoms. The van der Waals surface area contributed by atoms with Crippen LogP contribution in [0.1, 0.15) is 30.3 Å². The first-order chi connectivity index (χ1) is 11.7. The van der Waals surface area contributed by atoms with Gasteiger partial charge in [-0.15, -0.1) is 12.4 Å². The van der Waals surface area contributed by atoms with E-state index in [-0.39, 0.29) is 29.9 Å². The average Bonchev–Trinajstić information content (AvgIpc) is 3.10. The molecule has 6 heteroatoms. The fraction of sp³-hybridized carbons (Fsp3) is 0.421. The first kappa shape index (κ1) is 19.5. The topological polar surface area (TPSA) is 45.5 Å². The molecule has 4 nitrogen and oxygen atoms in total. The Morgan fingerprint density at radius 2 is 1.96 bits per heavy atom. The summed E-state index contributed by atoms with van der Waals surface area (Å²) in [5.41, 5.74) is 0.376. The molecule has 1 N–H and O–H groups in total. The third-order valence-corrected chi connectivity index (χ3v) is 4.54. The molecule has 0 aliphatic carbocycles. The van der Waals surface area contributed by atoms with Crippen molar-refractivity contribution in [2.45, 2.75) is 19.8 Å². The molecule has 0 unspecified atom stereocenters. The molecule has 1 amide bonds. The highest BCUT2D eigenvalue weighted by Crippen LogP contribution is 2.26. The first-order valence-electron chi connectivity index (χ1n) is 8.53. The summed E-state index contributed by atoms with van der Waals surface area (Å²) in [6, 6.07) is 9.70. The molecule has 1 aromatic carbocycles. The summed E-state index contributed by atoms with van der Waals surface area (Å²) in [7, 11) is 0. The van der Waals surface area contributed by atoms with E-state index in [1.54, 1.807) is 30.3 Å². The van der Waals surface area contributed by atoms with Crippen molar-refractivity contribution >= 4 is 18.3 Å². The lowest BCUT2D eigenvalue weighted by Crippen LogP contribution is -2.40. The summed E-state index contributed by atoms with van der Waals surface area (Å²) < 4.78 is 19.4. The van der Waals surface area contributed by atoms with E-state index in [1.807, 2.05) is 4.90 Å². The second-order valence-electron chi connectivity index (χ2n) is 6.19. The van der Waals surface area contributed by atoms with Gasteiger partial charge in [-0.3, -0.25) is 4.79 Å². The number of hydrogen-bond donors (Lipinski definition) is 1. The monoisotopic (exact) mass is 366 g/mol. The minimum absolute atomic E-state index is 0. The van der Waals surface area contributed by atoms with Crippen LogP contribution in [0.15, 0.2) is 40.8 Å². The Morgan fingerprint density at radius 3 is 2.64 bits per heavy atom. The van der Waals surface area contributed by atoms with Crippen LogP contribution in [0.2, 0.25) is 0 Å². The molecule has 0 atom stereocenters. The van der Waals surface area contributed by atoms with E-state index in [1.165, 1.54) is 6.07 Å².